The second kappa shape index (κ2) is 6.72. The SMILES string of the molecule is CC(Sc1ccc(F)cc1F)C(=O)N1c2ccccc2NC(=O)C1(C)C. The smallest absolute Gasteiger partial charge is 0.250 e. The number of carbonyl (C=O) groups is 2. The van der Waals surface area contributed by atoms with Crippen molar-refractivity contribution in [2.45, 2.75) is 36.5 Å². The highest BCUT2D eigenvalue weighted by molar-refractivity contribution is 8.00. The molecule has 0 saturated carbocycles. The summed E-state index contributed by atoms with van der Waals surface area (Å²) in [6.07, 6.45) is 0. The third-order valence-electron chi connectivity index (χ3n) is 4.27. The van der Waals surface area contributed by atoms with E-state index < -0.39 is 22.4 Å². The number of carbonyl (C=O) groups excluding carboxylic acids is 2. The maximum atomic E-state index is 13.9. The van der Waals surface area contributed by atoms with E-state index in [-0.39, 0.29) is 16.7 Å². The minimum Gasteiger partial charge on any atom is -0.322 e. The summed E-state index contributed by atoms with van der Waals surface area (Å²) in [6, 6.07) is 10.3. The van der Waals surface area contributed by atoms with E-state index in [4.69, 9.17) is 0 Å². The zero-order valence-electron chi connectivity index (χ0n) is 14.5. The van der Waals surface area contributed by atoms with Crippen LogP contribution in [-0.2, 0) is 9.59 Å². The van der Waals surface area contributed by atoms with Crippen LogP contribution in [-0.4, -0.2) is 22.6 Å². The van der Waals surface area contributed by atoms with Gasteiger partial charge in [0.25, 0.3) is 0 Å². The van der Waals surface area contributed by atoms with Crippen LogP contribution in [0, 0.1) is 11.6 Å². The molecule has 1 heterocycles. The van der Waals surface area contributed by atoms with E-state index in [1.165, 1.54) is 11.0 Å². The van der Waals surface area contributed by atoms with Gasteiger partial charge in [-0.05, 0) is 45.0 Å². The van der Waals surface area contributed by atoms with Crippen molar-refractivity contribution < 1.29 is 18.4 Å². The molecule has 1 unspecified atom stereocenters. The first-order valence-corrected chi connectivity index (χ1v) is 8.96. The van der Waals surface area contributed by atoms with Crippen LogP contribution in [0.3, 0.4) is 0 Å². The first-order valence-electron chi connectivity index (χ1n) is 8.08. The quantitative estimate of drug-likeness (QED) is 0.817. The molecule has 26 heavy (non-hydrogen) atoms. The normalized spacial score (nSPS) is 16.7. The van der Waals surface area contributed by atoms with Gasteiger partial charge in [0.1, 0.15) is 17.2 Å². The average Bonchev–Trinajstić information content (AvgIpc) is 2.57. The zero-order valence-corrected chi connectivity index (χ0v) is 15.4. The number of thioether (sulfide) groups is 1. The Hall–Kier alpha value is -2.41. The van der Waals surface area contributed by atoms with Crippen molar-refractivity contribution in [2.75, 3.05) is 10.2 Å². The molecular weight excluding hydrogens is 358 g/mol. The Bertz CT molecular complexity index is 886. The van der Waals surface area contributed by atoms with Crippen LogP contribution in [0.1, 0.15) is 20.8 Å². The molecule has 2 aromatic rings. The van der Waals surface area contributed by atoms with Gasteiger partial charge in [-0.2, -0.15) is 0 Å². The number of benzene rings is 2. The maximum absolute atomic E-state index is 13.9. The summed E-state index contributed by atoms with van der Waals surface area (Å²) in [5.74, 6) is -2.01. The van der Waals surface area contributed by atoms with Crippen LogP contribution in [0.5, 0.6) is 0 Å². The van der Waals surface area contributed by atoms with Crippen molar-refractivity contribution in [3.8, 4) is 0 Å². The molecule has 2 amide bonds. The molecule has 0 radical (unpaired) electrons. The van der Waals surface area contributed by atoms with Gasteiger partial charge >= 0.3 is 0 Å². The molecule has 1 N–H and O–H groups in total. The molecule has 1 aliphatic rings. The van der Waals surface area contributed by atoms with Crippen LogP contribution in [0.15, 0.2) is 47.4 Å². The van der Waals surface area contributed by atoms with Gasteiger partial charge in [0.05, 0.1) is 16.6 Å². The van der Waals surface area contributed by atoms with Crippen molar-refractivity contribution in [3.05, 3.63) is 54.1 Å². The lowest BCUT2D eigenvalue weighted by Crippen LogP contribution is -2.60. The van der Waals surface area contributed by atoms with Gasteiger partial charge < -0.3 is 5.32 Å². The molecule has 1 atom stereocenters. The predicted molar refractivity (Wildman–Crippen MR) is 98.3 cm³/mol. The third-order valence-corrected chi connectivity index (χ3v) is 5.41. The average molecular weight is 376 g/mol. The van der Waals surface area contributed by atoms with E-state index in [1.54, 1.807) is 45.0 Å². The fourth-order valence-electron chi connectivity index (χ4n) is 2.84. The number of amides is 2. The van der Waals surface area contributed by atoms with Crippen LogP contribution in [0.25, 0.3) is 0 Å². The van der Waals surface area contributed by atoms with Crippen molar-refractivity contribution in [2.24, 2.45) is 0 Å². The topological polar surface area (TPSA) is 49.4 Å². The lowest BCUT2D eigenvalue weighted by Gasteiger charge is -2.43. The molecule has 0 aromatic heterocycles. The molecule has 0 aliphatic carbocycles. The minimum absolute atomic E-state index is 0.180. The first kappa shape index (κ1) is 18.4. The highest BCUT2D eigenvalue weighted by Crippen LogP contribution is 2.39. The van der Waals surface area contributed by atoms with Gasteiger partial charge in [-0.25, -0.2) is 8.78 Å². The molecule has 4 nitrogen and oxygen atoms in total. The molecule has 3 rings (SSSR count). The number of fused-ring (bicyclic) bond motifs is 1. The lowest BCUT2D eigenvalue weighted by atomic mass is 9.96. The summed E-state index contributed by atoms with van der Waals surface area (Å²) < 4.78 is 27.0. The molecule has 0 bridgehead atoms. The summed E-state index contributed by atoms with van der Waals surface area (Å²) in [4.78, 5) is 27.2. The van der Waals surface area contributed by atoms with E-state index >= 15 is 0 Å². The number of rotatable bonds is 3. The van der Waals surface area contributed by atoms with Gasteiger partial charge in [0.2, 0.25) is 11.8 Å². The Morgan fingerprint density at radius 1 is 1.19 bits per heavy atom. The maximum Gasteiger partial charge on any atom is 0.250 e. The molecule has 0 saturated heterocycles. The van der Waals surface area contributed by atoms with E-state index in [2.05, 4.69) is 5.32 Å². The van der Waals surface area contributed by atoms with E-state index in [9.17, 15) is 18.4 Å². The molecule has 136 valence electrons. The lowest BCUT2D eigenvalue weighted by molar-refractivity contribution is -0.126. The van der Waals surface area contributed by atoms with Crippen LogP contribution in [0.2, 0.25) is 0 Å². The number of nitrogens with zero attached hydrogens (tertiary/aromatic N) is 1. The summed E-state index contributed by atoms with van der Waals surface area (Å²) >= 11 is 0.993. The largest absolute Gasteiger partial charge is 0.322 e. The van der Waals surface area contributed by atoms with Crippen molar-refractivity contribution in [1.29, 1.82) is 0 Å². The monoisotopic (exact) mass is 376 g/mol. The fraction of sp³-hybridized carbons (Fsp3) is 0.263. The summed E-state index contributed by atoms with van der Waals surface area (Å²) in [5.41, 5.74) is 0.0474. The third kappa shape index (κ3) is 3.19. The number of hydrogen-bond donors (Lipinski definition) is 1. The Labute approximate surface area is 154 Å². The van der Waals surface area contributed by atoms with Gasteiger partial charge in [0.15, 0.2) is 0 Å². The standard InChI is InChI=1S/C19H18F2N2O2S/c1-11(26-16-9-8-12(20)10-13(16)21)17(24)23-15-7-5-4-6-14(15)22-18(25)19(23,2)3/h4-11H,1-3H3,(H,22,25). The second-order valence-corrected chi connectivity index (χ2v) is 7.92. The van der Waals surface area contributed by atoms with E-state index in [0.717, 1.165) is 23.9 Å². The van der Waals surface area contributed by atoms with Crippen molar-refractivity contribution in [3.63, 3.8) is 0 Å². The zero-order chi connectivity index (χ0) is 19.1. The van der Waals surface area contributed by atoms with Gasteiger partial charge in [0, 0.05) is 11.0 Å². The predicted octanol–water partition coefficient (Wildman–Crippen LogP) is 4.21. The second-order valence-electron chi connectivity index (χ2n) is 6.54. The van der Waals surface area contributed by atoms with Crippen molar-refractivity contribution in [1.82, 2.24) is 0 Å². The highest BCUT2D eigenvalue weighted by Gasteiger charge is 2.44. The Kier molecular flexibility index (Phi) is 4.75. The summed E-state index contributed by atoms with van der Waals surface area (Å²) in [5, 5.41) is 2.12. The number of para-hydroxylation sites is 2. The number of nitrogens with one attached hydrogen (secondary N) is 1. The molecular formula is C19H18F2N2O2S. The highest BCUT2D eigenvalue weighted by atomic mass is 32.2. The number of halogens is 2. The molecule has 7 heteroatoms. The number of hydrogen-bond acceptors (Lipinski definition) is 3. The van der Waals surface area contributed by atoms with Gasteiger partial charge in [-0.15, -0.1) is 11.8 Å². The first-order chi connectivity index (χ1) is 12.2. The Morgan fingerprint density at radius 2 is 1.88 bits per heavy atom. The fourth-order valence-corrected chi connectivity index (χ4v) is 3.75. The molecule has 1 aliphatic heterocycles. The van der Waals surface area contributed by atoms with Crippen molar-refractivity contribution >= 4 is 35.0 Å². The van der Waals surface area contributed by atoms with Crippen LogP contribution < -0.4 is 10.2 Å². The number of anilines is 2. The summed E-state index contributed by atoms with van der Waals surface area (Å²) in [6.45, 7) is 4.96. The molecule has 0 spiro atoms. The Balaban J connectivity index is 1.93. The summed E-state index contributed by atoms with van der Waals surface area (Å²) in [7, 11) is 0. The van der Waals surface area contributed by atoms with E-state index in [1.807, 2.05) is 0 Å². The van der Waals surface area contributed by atoms with Gasteiger partial charge in [-0.1, -0.05) is 12.1 Å². The molecule has 0 fully saturated rings. The minimum atomic E-state index is -1.10. The van der Waals surface area contributed by atoms with Crippen LogP contribution in [0.4, 0.5) is 20.2 Å². The van der Waals surface area contributed by atoms with Gasteiger partial charge in [-0.3, -0.25) is 14.5 Å². The van der Waals surface area contributed by atoms with E-state index in [0.29, 0.717) is 11.4 Å². The Morgan fingerprint density at radius 3 is 2.58 bits per heavy atom. The molecule has 2 aromatic carbocycles. The van der Waals surface area contributed by atoms with Crippen LogP contribution >= 0.6 is 11.8 Å².